The van der Waals surface area contributed by atoms with Gasteiger partial charge < -0.3 is 4.74 Å². The molecule has 1 heterocycles. The van der Waals surface area contributed by atoms with Crippen LogP contribution in [0.3, 0.4) is 0 Å². The number of aromatic nitrogens is 1. The summed E-state index contributed by atoms with van der Waals surface area (Å²) in [5, 5.41) is 0. The van der Waals surface area contributed by atoms with Crippen LogP contribution in [-0.2, 0) is 22.1 Å². The molecule has 0 saturated heterocycles. The SMILES string of the molecule is CCOC(=O)Cc1cncc(Br)c1C(F)(F)F. The summed E-state index contributed by atoms with van der Waals surface area (Å²) >= 11 is 2.78. The molecule has 0 unspecified atom stereocenters. The highest BCUT2D eigenvalue weighted by Crippen LogP contribution is 2.36. The van der Waals surface area contributed by atoms with Crippen molar-refractivity contribution < 1.29 is 22.7 Å². The van der Waals surface area contributed by atoms with E-state index < -0.39 is 24.1 Å². The molecule has 1 rings (SSSR count). The van der Waals surface area contributed by atoms with Crippen molar-refractivity contribution in [2.75, 3.05) is 6.61 Å². The van der Waals surface area contributed by atoms with E-state index in [1.165, 1.54) is 0 Å². The third kappa shape index (κ3) is 3.69. The molecule has 0 N–H and O–H groups in total. The second-order valence-corrected chi connectivity index (χ2v) is 3.99. The Morgan fingerprint density at radius 3 is 2.65 bits per heavy atom. The number of esters is 1. The smallest absolute Gasteiger partial charge is 0.417 e. The highest BCUT2D eigenvalue weighted by molar-refractivity contribution is 9.10. The van der Waals surface area contributed by atoms with Gasteiger partial charge in [0.05, 0.1) is 18.6 Å². The molecule has 0 aromatic carbocycles. The number of hydrogen-bond donors (Lipinski definition) is 0. The van der Waals surface area contributed by atoms with Gasteiger partial charge in [0.15, 0.2) is 0 Å². The summed E-state index contributed by atoms with van der Waals surface area (Å²) in [6.07, 6.45) is -2.93. The molecule has 1 aromatic rings. The quantitative estimate of drug-likeness (QED) is 0.806. The van der Waals surface area contributed by atoms with Crippen molar-refractivity contribution >= 4 is 21.9 Å². The van der Waals surface area contributed by atoms with Gasteiger partial charge in [0.25, 0.3) is 0 Å². The molecule has 0 atom stereocenters. The lowest BCUT2D eigenvalue weighted by atomic mass is 10.1. The third-order valence-electron chi connectivity index (χ3n) is 1.90. The fraction of sp³-hybridized carbons (Fsp3) is 0.400. The number of pyridine rings is 1. The zero-order valence-electron chi connectivity index (χ0n) is 8.84. The second-order valence-electron chi connectivity index (χ2n) is 3.14. The fourth-order valence-corrected chi connectivity index (χ4v) is 1.89. The van der Waals surface area contributed by atoms with Crippen LogP contribution >= 0.6 is 15.9 Å². The van der Waals surface area contributed by atoms with Crippen LogP contribution in [0.25, 0.3) is 0 Å². The molecule has 7 heteroatoms. The first-order valence-corrected chi connectivity index (χ1v) is 5.50. The van der Waals surface area contributed by atoms with Crippen molar-refractivity contribution in [2.45, 2.75) is 19.5 Å². The molecular weight excluding hydrogens is 303 g/mol. The molecule has 1 aromatic heterocycles. The minimum atomic E-state index is -4.54. The number of alkyl halides is 3. The van der Waals surface area contributed by atoms with Gasteiger partial charge in [-0.15, -0.1) is 0 Å². The third-order valence-corrected chi connectivity index (χ3v) is 2.50. The number of hydrogen-bond acceptors (Lipinski definition) is 3. The first kappa shape index (κ1) is 14.0. The molecule has 0 fully saturated rings. The highest BCUT2D eigenvalue weighted by Gasteiger charge is 2.36. The first-order valence-electron chi connectivity index (χ1n) is 4.71. The average molecular weight is 312 g/mol. The largest absolute Gasteiger partial charge is 0.466 e. The van der Waals surface area contributed by atoms with Crippen molar-refractivity contribution in [3.63, 3.8) is 0 Å². The standard InChI is InChI=1S/C10H9BrF3NO2/c1-2-17-8(16)3-6-4-15-5-7(11)9(6)10(12,13)14/h4-5H,2-3H2,1H3. The topological polar surface area (TPSA) is 39.2 Å². The van der Waals surface area contributed by atoms with Gasteiger partial charge >= 0.3 is 12.1 Å². The van der Waals surface area contributed by atoms with E-state index in [9.17, 15) is 18.0 Å². The van der Waals surface area contributed by atoms with Gasteiger partial charge in [-0.2, -0.15) is 13.2 Å². The number of halogens is 4. The molecule has 0 spiro atoms. The van der Waals surface area contributed by atoms with E-state index in [1.54, 1.807) is 6.92 Å². The Balaban J connectivity index is 3.08. The molecule has 0 aliphatic carbocycles. The van der Waals surface area contributed by atoms with E-state index in [1.807, 2.05) is 0 Å². The summed E-state index contributed by atoms with van der Waals surface area (Å²) in [4.78, 5) is 14.8. The number of rotatable bonds is 3. The highest BCUT2D eigenvalue weighted by atomic mass is 79.9. The van der Waals surface area contributed by atoms with E-state index in [0.29, 0.717) is 0 Å². The van der Waals surface area contributed by atoms with E-state index >= 15 is 0 Å². The molecule has 0 amide bonds. The minimum Gasteiger partial charge on any atom is -0.466 e. The lowest BCUT2D eigenvalue weighted by molar-refractivity contribution is -0.143. The van der Waals surface area contributed by atoms with Crippen LogP contribution in [0, 0.1) is 0 Å². The predicted molar refractivity (Wildman–Crippen MR) is 57.3 cm³/mol. The molecule has 0 aliphatic rings. The minimum absolute atomic E-state index is 0.127. The Morgan fingerprint density at radius 2 is 2.12 bits per heavy atom. The van der Waals surface area contributed by atoms with Crippen LogP contribution in [0.4, 0.5) is 13.2 Å². The summed E-state index contributed by atoms with van der Waals surface area (Å²) in [5.74, 6) is -0.710. The zero-order chi connectivity index (χ0) is 13.1. The summed E-state index contributed by atoms with van der Waals surface area (Å²) < 4.78 is 42.6. The monoisotopic (exact) mass is 311 g/mol. The Bertz CT molecular complexity index is 421. The molecule has 0 saturated carbocycles. The van der Waals surface area contributed by atoms with E-state index in [0.717, 1.165) is 12.4 Å². The summed E-state index contributed by atoms with van der Waals surface area (Å²) in [7, 11) is 0. The lowest BCUT2D eigenvalue weighted by Gasteiger charge is -2.13. The Hall–Kier alpha value is -1.11. The number of carbonyl (C=O) groups is 1. The molecule has 0 radical (unpaired) electrons. The zero-order valence-corrected chi connectivity index (χ0v) is 10.4. The Kier molecular flexibility index (Phi) is 4.50. The van der Waals surface area contributed by atoms with Crippen LogP contribution in [0.2, 0.25) is 0 Å². The molecule has 17 heavy (non-hydrogen) atoms. The van der Waals surface area contributed by atoms with Crippen molar-refractivity contribution in [1.82, 2.24) is 4.98 Å². The molecule has 0 bridgehead atoms. The van der Waals surface area contributed by atoms with Crippen LogP contribution < -0.4 is 0 Å². The number of ether oxygens (including phenoxy) is 1. The number of nitrogens with zero attached hydrogens (tertiary/aromatic N) is 1. The van der Waals surface area contributed by atoms with Gasteiger partial charge in [0, 0.05) is 16.9 Å². The van der Waals surface area contributed by atoms with Gasteiger partial charge in [0.2, 0.25) is 0 Å². The van der Waals surface area contributed by atoms with Gasteiger partial charge in [-0.1, -0.05) is 0 Å². The van der Waals surface area contributed by atoms with Crippen molar-refractivity contribution in [1.29, 1.82) is 0 Å². The van der Waals surface area contributed by atoms with Crippen molar-refractivity contribution in [2.24, 2.45) is 0 Å². The van der Waals surface area contributed by atoms with Crippen molar-refractivity contribution in [3.05, 3.63) is 28.0 Å². The van der Waals surface area contributed by atoms with Gasteiger partial charge in [-0.05, 0) is 28.4 Å². The van der Waals surface area contributed by atoms with Gasteiger partial charge in [-0.3, -0.25) is 9.78 Å². The van der Waals surface area contributed by atoms with Gasteiger partial charge in [0.1, 0.15) is 0 Å². The summed E-state index contributed by atoms with van der Waals surface area (Å²) in [5.41, 5.74) is -1.09. The van der Waals surface area contributed by atoms with Crippen molar-refractivity contribution in [3.8, 4) is 0 Å². The number of carbonyl (C=O) groups excluding carboxylic acids is 1. The van der Waals surface area contributed by atoms with Crippen LogP contribution in [0.1, 0.15) is 18.1 Å². The normalized spacial score (nSPS) is 11.4. The first-order chi connectivity index (χ1) is 7.86. The van der Waals surface area contributed by atoms with E-state index in [2.05, 4.69) is 25.7 Å². The van der Waals surface area contributed by atoms with Crippen LogP contribution in [-0.4, -0.2) is 17.6 Å². The van der Waals surface area contributed by atoms with Gasteiger partial charge in [-0.25, -0.2) is 0 Å². The Labute approximate surface area is 104 Å². The summed E-state index contributed by atoms with van der Waals surface area (Å²) in [6.45, 7) is 1.71. The fourth-order valence-electron chi connectivity index (χ4n) is 1.29. The van der Waals surface area contributed by atoms with Crippen LogP contribution in [0.15, 0.2) is 16.9 Å². The second kappa shape index (κ2) is 5.48. The molecule has 0 aliphatic heterocycles. The maximum absolute atomic E-state index is 12.7. The van der Waals surface area contributed by atoms with E-state index in [-0.39, 0.29) is 16.6 Å². The summed E-state index contributed by atoms with van der Waals surface area (Å²) in [6, 6.07) is 0. The van der Waals surface area contributed by atoms with Crippen LogP contribution in [0.5, 0.6) is 0 Å². The Morgan fingerprint density at radius 1 is 1.47 bits per heavy atom. The molecule has 3 nitrogen and oxygen atoms in total. The maximum Gasteiger partial charge on any atom is 0.417 e. The van der Waals surface area contributed by atoms with E-state index in [4.69, 9.17) is 0 Å². The molecule has 94 valence electrons. The maximum atomic E-state index is 12.7. The predicted octanol–water partition coefficient (Wildman–Crippen LogP) is 2.97. The average Bonchev–Trinajstić information content (AvgIpc) is 2.15. The lowest BCUT2D eigenvalue weighted by Crippen LogP contribution is -2.15. The molecular formula is C10H9BrF3NO2.